The van der Waals surface area contributed by atoms with Gasteiger partial charge in [-0.25, -0.2) is 4.98 Å². The highest BCUT2D eigenvalue weighted by Gasteiger charge is 2.05. The Balaban J connectivity index is 2.59. The molecule has 0 bridgehead atoms. The second-order valence-corrected chi connectivity index (χ2v) is 2.28. The quantitative estimate of drug-likeness (QED) is 0.563. The minimum Gasteiger partial charge on any atom is -0.384 e. The van der Waals surface area contributed by atoms with Crippen LogP contribution in [0, 0.1) is 0 Å². The maximum absolute atomic E-state index is 5.46. The number of hydrogen-bond donors (Lipinski definition) is 1. The van der Waals surface area contributed by atoms with Crippen LogP contribution in [-0.2, 0) is 6.54 Å². The highest BCUT2D eigenvalue weighted by atomic mass is 14.8. The molecule has 0 aromatic carbocycles. The summed E-state index contributed by atoms with van der Waals surface area (Å²) in [6, 6.07) is 1.86. The Bertz CT molecular complexity index is 291. The summed E-state index contributed by atoms with van der Waals surface area (Å²) < 4.78 is 0. The van der Waals surface area contributed by atoms with E-state index in [0.717, 1.165) is 12.1 Å². The van der Waals surface area contributed by atoms with Crippen molar-refractivity contribution in [2.24, 2.45) is 4.99 Å². The molecule has 0 saturated heterocycles. The van der Waals surface area contributed by atoms with Crippen LogP contribution in [0.1, 0.15) is 11.1 Å². The highest BCUT2D eigenvalue weighted by Crippen LogP contribution is 2.14. The van der Waals surface area contributed by atoms with Crippen LogP contribution >= 0.6 is 0 Å². The van der Waals surface area contributed by atoms with Gasteiger partial charge in [0.2, 0.25) is 0 Å². The lowest BCUT2D eigenvalue weighted by Crippen LogP contribution is -1.93. The summed E-state index contributed by atoms with van der Waals surface area (Å²) in [5, 5.41) is 0. The molecule has 1 aromatic heterocycles. The lowest BCUT2D eigenvalue weighted by Gasteiger charge is -1.95. The van der Waals surface area contributed by atoms with Crippen molar-refractivity contribution in [3.05, 3.63) is 23.4 Å². The number of nitrogens with zero attached hydrogens (tertiary/aromatic N) is 2. The van der Waals surface area contributed by atoms with Gasteiger partial charge in [-0.1, -0.05) is 0 Å². The zero-order valence-electron chi connectivity index (χ0n) is 5.41. The molecule has 1 aliphatic rings. The van der Waals surface area contributed by atoms with E-state index >= 15 is 0 Å². The fourth-order valence-electron chi connectivity index (χ4n) is 1.02. The second-order valence-electron chi connectivity index (χ2n) is 2.28. The van der Waals surface area contributed by atoms with Crippen LogP contribution in [-0.4, -0.2) is 11.2 Å². The molecule has 0 atom stereocenters. The first-order valence-electron chi connectivity index (χ1n) is 3.10. The largest absolute Gasteiger partial charge is 0.384 e. The average molecular weight is 133 g/mol. The Hall–Kier alpha value is -1.38. The second kappa shape index (κ2) is 1.80. The summed E-state index contributed by atoms with van der Waals surface area (Å²) in [6.07, 6.45) is 3.57. The van der Waals surface area contributed by atoms with Crippen molar-refractivity contribution in [1.29, 1.82) is 0 Å². The van der Waals surface area contributed by atoms with Gasteiger partial charge in [-0.05, 0) is 11.6 Å². The first-order chi connectivity index (χ1) is 4.86. The SMILES string of the molecule is Nc1cc2c(cn1)C=NC2. The Morgan fingerprint density at radius 2 is 2.40 bits per heavy atom. The van der Waals surface area contributed by atoms with Gasteiger partial charge in [0, 0.05) is 18.0 Å². The number of aliphatic imine (C=N–C) groups is 1. The smallest absolute Gasteiger partial charge is 0.123 e. The van der Waals surface area contributed by atoms with Crippen molar-refractivity contribution in [1.82, 2.24) is 4.98 Å². The van der Waals surface area contributed by atoms with Crippen LogP contribution < -0.4 is 5.73 Å². The third-order valence-electron chi connectivity index (χ3n) is 1.54. The van der Waals surface area contributed by atoms with Crippen molar-refractivity contribution < 1.29 is 0 Å². The Morgan fingerprint density at radius 1 is 1.50 bits per heavy atom. The van der Waals surface area contributed by atoms with Gasteiger partial charge >= 0.3 is 0 Å². The number of hydrogen-bond acceptors (Lipinski definition) is 3. The predicted octanol–water partition coefficient (Wildman–Crippen LogP) is 0.596. The first kappa shape index (κ1) is 5.41. The van der Waals surface area contributed by atoms with E-state index in [9.17, 15) is 0 Å². The molecule has 0 fully saturated rings. The lowest BCUT2D eigenvalue weighted by atomic mass is 10.2. The Labute approximate surface area is 58.6 Å². The number of pyridine rings is 1. The number of aromatic nitrogens is 1. The predicted molar refractivity (Wildman–Crippen MR) is 39.9 cm³/mol. The number of rotatable bonds is 0. The third-order valence-corrected chi connectivity index (χ3v) is 1.54. The van der Waals surface area contributed by atoms with Crippen LogP contribution in [0.25, 0.3) is 0 Å². The molecule has 1 aliphatic heterocycles. The van der Waals surface area contributed by atoms with Crippen molar-refractivity contribution in [2.75, 3.05) is 5.73 Å². The van der Waals surface area contributed by atoms with Gasteiger partial charge in [0.05, 0.1) is 6.54 Å². The van der Waals surface area contributed by atoms with Crippen LogP contribution in [0.3, 0.4) is 0 Å². The molecule has 50 valence electrons. The van der Waals surface area contributed by atoms with Gasteiger partial charge < -0.3 is 5.73 Å². The van der Waals surface area contributed by atoms with E-state index in [-0.39, 0.29) is 0 Å². The van der Waals surface area contributed by atoms with Crippen LogP contribution in [0.5, 0.6) is 0 Å². The van der Waals surface area contributed by atoms with Crippen molar-refractivity contribution in [3.63, 3.8) is 0 Å². The molecule has 0 radical (unpaired) electrons. The van der Waals surface area contributed by atoms with Crippen LogP contribution in [0.15, 0.2) is 17.3 Å². The fourth-order valence-corrected chi connectivity index (χ4v) is 1.02. The van der Waals surface area contributed by atoms with Gasteiger partial charge in [0.15, 0.2) is 0 Å². The number of anilines is 1. The van der Waals surface area contributed by atoms with E-state index in [4.69, 9.17) is 5.73 Å². The van der Waals surface area contributed by atoms with E-state index in [1.807, 2.05) is 12.3 Å². The molecule has 0 aliphatic carbocycles. The Morgan fingerprint density at radius 3 is 3.30 bits per heavy atom. The summed E-state index contributed by atoms with van der Waals surface area (Å²) in [5.74, 6) is 0.573. The summed E-state index contributed by atoms with van der Waals surface area (Å²) in [4.78, 5) is 8.01. The molecule has 3 heteroatoms. The van der Waals surface area contributed by atoms with Crippen molar-refractivity contribution in [2.45, 2.75) is 6.54 Å². The summed E-state index contributed by atoms with van der Waals surface area (Å²) in [6.45, 7) is 0.752. The van der Waals surface area contributed by atoms with Crippen molar-refractivity contribution in [3.8, 4) is 0 Å². The van der Waals surface area contributed by atoms with Crippen LogP contribution in [0.2, 0.25) is 0 Å². The van der Waals surface area contributed by atoms with E-state index < -0.39 is 0 Å². The normalized spacial score (nSPS) is 13.6. The molecule has 2 N–H and O–H groups in total. The van der Waals surface area contributed by atoms with Crippen molar-refractivity contribution >= 4 is 12.0 Å². The zero-order valence-corrected chi connectivity index (χ0v) is 5.41. The Kier molecular flexibility index (Phi) is 0.974. The lowest BCUT2D eigenvalue weighted by molar-refractivity contribution is 1.10. The molecule has 0 unspecified atom stereocenters. The number of nitrogen functional groups attached to an aromatic ring is 1. The summed E-state index contributed by atoms with van der Waals surface area (Å²) >= 11 is 0. The molecular formula is C7H7N3. The molecule has 1 aromatic rings. The molecule has 10 heavy (non-hydrogen) atoms. The third kappa shape index (κ3) is 0.673. The fraction of sp³-hybridized carbons (Fsp3) is 0.143. The molecule has 0 saturated carbocycles. The van der Waals surface area contributed by atoms with Gasteiger partial charge in [-0.3, -0.25) is 4.99 Å². The number of fused-ring (bicyclic) bond motifs is 1. The highest BCUT2D eigenvalue weighted by molar-refractivity contribution is 5.84. The maximum Gasteiger partial charge on any atom is 0.123 e. The monoisotopic (exact) mass is 133 g/mol. The topological polar surface area (TPSA) is 51.3 Å². The summed E-state index contributed by atoms with van der Waals surface area (Å²) in [5.41, 5.74) is 7.73. The molecule has 0 amide bonds. The molecule has 0 spiro atoms. The van der Waals surface area contributed by atoms with E-state index in [2.05, 4.69) is 9.98 Å². The average Bonchev–Trinajstić information content (AvgIpc) is 2.33. The van der Waals surface area contributed by atoms with Gasteiger partial charge in [0.1, 0.15) is 5.82 Å². The van der Waals surface area contributed by atoms with E-state index in [0.29, 0.717) is 5.82 Å². The maximum atomic E-state index is 5.46. The van der Waals surface area contributed by atoms with Crippen LogP contribution in [0.4, 0.5) is 5.82 Å². The standard InChI is InChI=1S/C7H7N3/c8-7-1-5-2-9-3-6(5)4-10-7/h1,3-4H,2H2,(H2,8,10). The van der Waals surface area contributed by atoms with E-state index in [1.54, 1.807) is 6.20 Å². The van der Waals surface area contributed by atoms with Gasteiger partial charge in [0.25, 0.3) is 0 Å². The molecule has 2 heterocycles. The minimum absolute atomic E-state index is 0.573. The van der Waals surface area contributed by atoms with Gasteiger partial charge in [-0.15, -0.1) is 0 Å². The molecule has 2 rings (SSSR count). The first-order valence-corrected chi connectivity index (χ1v) is 3.10. The summed E-state index contributed by atoms with van der Waals surface area (Å²) in [7, 11) is 0. The van der Waals surface area contributed by atoms with E-state index in [1.165, 1.54) is 5.56 Å². The van der Waals surface area contributed by atoms with Gasteiger partial charge in [-0.2, -0.15) is 0 Å². The molecular weight excluding hydrogens is 126 g/mol. The number of nitrogens with two attached hydrogens (primary N) is 1. The molecule has 3 nitrogen and oxygen atoms in total. The zero-order chi connectivity index (χ0) is 6.97. The minimum atomic E-state index is 0.573.